The highest BCUT2D eigenvalue weighted by Crippen LogP contribution is 2.25. The van der Waals surface area contributed by atoms with Crippen LogP contribution in [0.3, 0.4) is 0 Å². The molecule has 27 heavy (non-hydrogen) atoms. The molecule has 1 N–H and O–H groups in total. The van der Waals surface area contributed by atoms with Crippen LogP contribution in [0.15, 0.2) is 28.8 Å². The lowest BCUT2D eigenvalue weighted by atomic mass is 9.97. The molecule has 146 valence electrons. The van der Waals surface area contributed by atoms with Gasteiger partial charge in [-0.2, -0.15) is 4.98 Å². The Hall–Kier alpha value is -2.57. The van der Waals surface area contributed by atoms with Crippen LogP contribution >= 0.6 is 0 Å². The van der Waals surface area contributed by atoms with Gasteiger partial charge in [-0.3, -0.25) is 4.79 Å². The second-order valence-corrected chi connectivity index (χ2v) is 7.39. The Kier molecular flexibility index (Phi) is 6.32. The molecule has 0 spiro atoms. The number of nitrogens with zero attached hydrogens (tertiary/aromatic N) is 3. The first-order valence-corrected chi connectivity index (χ1v) is 9.57. The van der Waals surface area contributed by atoms with E-state index in [0.29, 0.717) is 24.3 Å². The zero-order valence-corrected chi connectivity index (χ0v) is 16.3. The average Bonchev–Trinajstić information content (AvgIpc) is 3.18. The quantitative estimate of drug-likeness (QED) is 0.804. The summed E-state index contributed by atoms with van der Waals surface area (Å²) in [6, 6.07) is 8.00. The van der Waals surface area contributed by atoms with Gasteiger partial charge in [0.25, 0.3) is 0 Å². The molecule has 1 saturated heterocycles. The highest BCUT2D eigenvalue weighted by Gasteiger charge is 2.28. The third-order valence-electron chi connectivity index (χ3n) is 4.85. The summed E-state index contributed by atoms with van der Waals surface area (Å²) < 4.78 is 10.6. The van der Waals surface area contributed by atoms with Crippen LogP contribution in [0.4, 0.5) is 6.01 Å². The first kappa shape index (κ1) is 19.2. The van der Waals surface area contributed by atoms with E-state index < -0.39 is 0 Å². The first-order chi connectivity index (χ1) is 13.1. The minimum Gasteiger partial charge on any atom is -0.497 e. The lowest BCUT2D eigenvalue weighted by Gasteiger charge is -2.30. The summed E-state index contributed by atoms with van der Waals surface area (Å²) in [5.41, 5.74) is 0.866. The van der Waals surface area contributed by atoms with E-state index in [4.69, 9.17) is 9.26 Å². The van der Waals surface area contributed by atoms with Crippen molar-refractivity contribution in [3.63, 3.8) is 0 Å². The number of hydrogen-bond donors (Lipinski definition) is 1. The molecule has 1 aromatic carbocycles. The fraction of sp³-hybridized carbons (Fsp3) is 0.550. The number of hydrogen-bond acceptors (Lipinski definition) is 6. The van der Waals surface area contributed by atoms with Gasteiger partial charge in [-0.15, -0.1) is 0 Å². The summed E-state index contributed by atoms with van der Waals surface area (Å²) in [6.07, 6.45) is 2.82. The van der Waals surface area contributed by atoms with Gasteiger partial charge in [0.15, 0.2) is 0 Å². The van der Waals surface area contributed by atoms with E-state index in [9.17, 15) is 4.79 Å². The Morgan fingerprint density at radius 2 is 2.15 bits per heavy atom. The summed E-state index contributed by atoms with van der Waals surface area (Å²) in [4.78, 5) is 19.0. The lowest BCUT2D eigenvalue weighted by molar-refractivity contribution is -0.125. The molecule has 7 nitrogen and oxygen atoms in total. The van der Waals surface area contributed by atoms with E-state index >= 15 is 0 Å². The van der Waals surface area contributed by atoms with E-state index in [1.54, 1.807) is 7.11 Å². The zero-order valence-electron chi connectivity index (χ0n) is 16.3. The number of anilines is 1. The van der Waals surface area contributed by atoms with Crippen LogP contribution in [0.5, 0.6) is 5.75 Å². The highest BCUT2D eigenvalue weighted by atomic mass is 16.5. The summed E-state index contributed by atoms with van der Waals surface area (Å²) in [5.74, 6) is 1.99. The molecular weight excluding hydrogens is 344 g/mol. The molecule has 1 atom stereocenters. The topological polar surface area (TPSA) is 80.5 Å². The van der Waals surface area contributed by atoms with E-state index in [2.05, 4.69) is 29.3 Å². The number of amides is 1. The van der Waals surface area contributed by atoms with Gasteiger partial charge in [-0.05, 0) is 49.4 Å². The molecule has 0 radical (unpaired) electrons. The van der Waals surface area contributed by atoms with Gasteiger partial charge in [0, 0.05) is 25.2 Å². The monoisotopic (exact) mass is 372 g/mol. The number of rotatable bonds is 7. The smallest absolute Gasteiger partial charge is 0.324 e. The maximum absolute atomic E-state index is 12.4. The average molecular weight is 372 g/mol. The number of carbonyl (C=O) groups is 1. The number of benzene rings is 1. The Balaban J connectivity index is 1.61. The number of aromatic nitrogens is 2. The molecule has 0 bridgehead atoms. The summed E-state index contributed by atoms with van der Waals surface area (Å²) >= 11 is 0. The van der Waals surface area contributed by atoms with Gasteiger partial charge >= 0.3 is 6.01 Å². The van der Waals surface area contributed by atoms with Crippen molar-refractivity contribution in [1.29, 1.82) is 0 Å². The molecule has 1 aliphatic heterocycles. The minimum absolute atomic E-state index is 0.0396. The van der Waals surface area contributed by atoms with Crippen molar-refractivity contribution < 1.29 is 14.1 Å². The normalized spacial score (nSPS) is 17.2. The van der Waals surface area contributed by atoms with Crippen LogP contribution in [-0.2, 0) is 4.79 Å². The van der Waals surface area contributed by atoms with Crippen LogP contribution < -0.4 is 15.0 Å². The van der Waals surface area contributed by atoms with Crippen LogP contribution in [0.2, 0.25) is 0 Å². The Bertz CT molecular complexity index is 742. The third kappa shape index (κ3) is 4.99. The van der Waals surface area contributed by atoms with Crippen LogP contribution in [0.25, 0.3) is 11.4 Å². The zero-order chi connectivity index (χ0) is 19.2. The second kappa shape index (κ2) is 8.88. The maximum Gasteiger partial charge on any atom is 0.324 e. The molecule has 0 aliphatic carbocycles. The van der Waals surface area contributed by atoms with Crippen molar-refractivity contribution in [3.8, 4) is 17.1 Å². The van der Waals surface area contributed by atoms with Gasteiger partial charge < -0.3 is 19.5 Å². The molecule has 3 rings (SSSR count). The molecule has 1 aromatic heterocycles. The lowest BCUT2D eigenvalue weighted by Crippen LogP contribution is -2.43. The first-order valence-electron chi connectivity index (χ1n) is 9.57. The minimum atomic E-state index is -0.0396. The van der Waals surface area contributed by atoms with E-state index in [1.165, 1.54) is 0 Å². The fourth-order valence-corrected chi connectivity index (χ4v) is 3.19. The molecule has 0 unspecified atom stereocenters. The third-order valence-corrected chi connectivity index (χ3v) is 4.85. The molecule has 1 aliphatic rings. The summed E-state index contributed by atoms with van der Waals surface area (Å²) in [6.45, 7) is 6.47. The van der Waals surface area contributed by atoms with Crippen molar-refractivity contribution in [3.05, 3.63) is 24.3 Å². The molecule has 7 heteroatoms. The van der Waals surface area contributed by atoms with Gasteiger partial charge in [0.05, 0.1) is 13.0 Å². The Labute approximate surface area is 160 Å². The fourth-order valence-electron chi connectivity index (χ4n) is 3.19. The van der Waals surface area contributed by atoms with E-state index in [0.717, 1.165) is 43.7 Å². The van der Waals surface area contributed by atoms with Crippen molar-refractivity contribution in [1.82, 2.24) is 15.5 Å². The number of nitrogens with one attached hydrogen (secondary N) is 1. The SMILES string of the molecule is COc1ccc(-c2noc(N3CCC[C@@H](C(=O)NCCC(C)C)C3)n2)cc1. The van der Waals surface area contributed by atoms with Gasteiger partial charge in [0.2, 0.25) is 11.7 Å². The van der Waals surface area contributed by atoms with Gasteiger partial charge in [-0.1, -0.05) is 19.0 Å². The molecule has 2 aromatic rings. The van der Waals surface area contributed by atoms with Gasteiger partial charge in [-0.25, -0.2) is 0 Å². The molecule has 0 saturated carbocycles. The van der Waals surface area contributed by atoms with Crippen molar-refractivity contribution in [2.45, 2.75) is 33.1 Å². The number of carbonyl (C=O) groups excluding carboxylic acids is 1. The van der Waals surface area contributed by atoms with Crippen molar-refractivity contribution in [2.24, 2.45) is 11.8 Å². The van der Waals surface area contributed by atoms with Crippen LogP contribution in [0.1, 0.15) is 33.1 Å². The maximum atomic E-state index is 12.4. The number of piperidine rings is 1. The summed E-state index contributed by atoms with van der Waals surface area (Å²) in [5, 5.41) is 7.14. The van der Waals surface area contributed by atoms with E-state index in [1.807, 2.05) is 29.2 Å². The van der Waals surface area contributed by atoms with Crippen LogP contribution in [-0.4, -0.2) is 42.8 Å². The Morgan fingerprint density at radius 1 is 1.37 bits per heavy atom. The Morgan fingerprint density at radius 3 is 2.85 bits per heavy atom. The standard InChI is InChI=1S/C20H28N4O3/c1-14(2)10-11-21-19(25)16-5-4-12-24(13-16)20-22-18(23-27-20)15-6-8-17(26-3)9-7-15/h6-9,14,16H,4-5,10-13H2,1-3H3,(H,21,25)/t16-/m1/s1. The molecule has 2 heterocycles. The largest absolute Gasteiger partial charge is 0.497 e. The van der Waals surface area contributed by atoms with Crippen molar-refractivity contribution >= 4 is 11.9 Å². The number of methoxy groups -OCH3 is 1. The molecule has 1 amide bonds. The predicted octanol–water partition coefficient (Wildman–Crippen LogP) is 3.12. The van der Waals surface area contributed by atoms with Crippen LogP contribution in [0, 0.1) is 11.8 Å². The molecule has 1 fully saturated rings. The summed E-state index contributed by atoms with van der Waals surface area (Å²) in [7, 11) is 1.63. The predicted molar refractivity (Wildman–Crippen MR) is 104 cm³/mol. The second-order valence-electron chi connectivity index (χ2n) is 7.39. The molecular formula is C20H28N4O3. The van der Waals surface area contributed by atoms with Crippen molar-refractivity contribution in [2.75, 3.05) is 31.6 Å². The highest BCUT2D eigenvalue weighted by molar-refractivity contribution is 5.79. The van der Waals surface area contributed by atoms with E-state index in [-0.39, 0.29) is 11.8 Å². The van der Waals surface area contributed by atoms with Gasteiger partial charge in [0.1, 0.15) is 5.75 Å². The number of ether oxygens (including phenoxy) is 1.